The van der Waals surface area contributed by atoms with E-state index in [4.69, 9.17) is 27.9 Å². The Kier molecular flexibility index (Phi) is 5.97. The Balaban J connectivity index is 1.89. The third-order valence-electron chi connectivity index (χ3n) is 3.66. The largest absolute Gasteiger partial charge is 0.495 e. The van der Waals surface area contributed by atoms with Crippen molar-refractivity contribution in [3.63, 3.8) is 0 Å². The van der Waals surface area contributed by atoms with E-state index in [9.17, 15) is 9.59 Å². The second-order valence-electron chi connectivity index (χ2n) is 5.40. The molecule has 26 heavy (non-hydrogen) atoms. The Hall–Kier alpha value is -1.47. The standard InChI is InChI=1S/C18H12BrCl2NO3S/c1-25-16-11(6-13(21)8-14(16)19)7-15-17(23)22(18(24)26-15)9-10-2-4-12(20)5-3-10/h2-8H,9H2,1H3/b15-7-. The average molecular weight is 473 g/mol. The zero-order chi connectivity index (χ0) is 18.8. The molecule has 8 heteroatoms. The number of ether oxygens (including phenoxy) is 1. The van der Waals surface area contributed by atoms with Crippen LogP contribution in [0.5, 0.6) is 5.75 Å². The van der Waals surface area contributed by atoms with Gasteiger partial charge in [0.1, 0.15) is 5.75 Å². The summed E-state index contributed by atoms with van der Waals surface area (Å²) < 4.78 is 6.02. The monoisotopic (exact) mass is 471 g/mol. The molecule has 1 aliphatic heterocycles. The van der Waals surface area contributed by atoms with Gasteiger partial charge in [0.15, 0.2) is 0 Å². The van der Waals surface area contributed by atoms with Crippen molar-refractivity contribution in [2.75, 3.05) is 7.11 Å². The van der Waals surface area contributed by atoms with Crippen molar-refractivity contribution in [2.45, 2.75) is 6.54 Å². The summed E-state index contributed by atoms with van der Waals surface area (Å²) in [4.78, 5) is 26.5. The van der Waals surface area contributed by atoms with Crippen LogP contribution in [0.2, 0.25) is 10.0 Å². The first-order chi connectivity index (χ1) is 12.4. The molecule has 3 rings (SSSR count). The summed E-state index contributed by atoms with van der Waals surface area (Å²) in [5.74, 6) is 0.187. The fourth-order valence-electron chi connectivity index (χ4n) is 2.45. The van der Waals surface area contributed by atoms with Gasteiger partial charge in [-0.2, -0.15) is 0 Å². The Morgan fingerprint density at radius 3 is 2.50 bits per heavy atom. The van der Waals surface area contributed by atoms with E-state index in [0.29, 0.717) is 30.7 Å². The number of methoxy groups -OCH3 is 1. The lowest BCUT2D eigenvalue weighted by Crippen LogP contribution is -2.27. The van der Waals surface area contributed by atoms with Gasteiger partial charge in [-0.3, -0.25) is 14.5 Å². The number of carbonyl (C=O) groups excluding carboxylic acids is 2. The highest BCUT2D eigenvalue weighted by molar-refractivity contribution is 9.10. The van der Waals surface area contributed by atoms with Gasteiger partial charge in [-0.25, -0.2) is 0 Å². The minimum Gasteiger partial charge on any atom is -0.495 e. The maximum Gasteiger partial charge on any atom is 0.293 e. The number of rotatable bonds is 4. The number of hydrogen-bond acceptors (Lipinski definition) is 4. The van der Waals surface area contributed by atoms with Gasteiger partial charge in [0.05, 0.1) is 23.0 Å². The van der Waals surface area contributed by atoms with Gasteiger partial charge in [-0.15, -0.1) is 0 Å². The van der Waals surface area contributed by atoms with Gasteiger partial charge < -0.3 is 4.74 Å². The normalized spacial score (nSPS) is 15.8. The quantitative estimate of drug-likeness (QED) is 0.512. The molecule has 0 spiro atoms. The molecule has 4 nitrogen and oxygen atoms in total. The zero-order valence-electron chi connectivity index (χ0n) is 13.5. The van der Waals surface area contributed by atoms with Crippen LogP contribution in [0.4, 0.5) is 4.79 Å². The molecule has 2 aromatic rings. The van der Waals surface area contributed by atoms with Crippen LogP contribution in [-0.2, 0) is 11.3 Å². The molecular formula is C18H12BrCl2NO3S. The van der Waals surface area contributed by atoms with Crippen molar-refractivity contribution in [2.24, 2.45) is 0 Å². The third-order valence-corrected chi connectivity index (χ3v) is 5.62. The van der Waals surface area contributed by atoms with Crippen molar-refractivity contribution >= 4 is 68.1 Å². The van der Waals surface area contributed by atoms with Crippen LogP contribution in [0.3, 0.4) is 0 Å². The molecule has 0 atom stereocenters. The molecule has 2 aromatic carbocycles. The number of carbonyl (C=O) groups is 2. The van der Waals surface area contributed by atoms with Gasteiger partial charge in [0, 0.05) is 15.6 Å². The molecule has 0 radical (unpaired) electrons. The summed E-state index contributed by atoms with van der Waals surface area (Å²) in [7, 11) is 1.53. The molecule has 0 aliphatic carbocycles. The van der Waals surface area contributed by atoms with Gasteiger partial charge in [-0.05, 0) is 63.6 Å². The van der Waals surface area contributed by atoms with Crippen LogP contribution in [0.15, 0.2) is 45.8 Å². The predicted molar refractivity (Wildman–Crippen MR) is 109 cm³/mol. The maximum atomic E-state index is 12.7. The van der Waals surface area contributed by atoms with Gasteiger partial charge in [0.25, 0.3) is 11.1 Å². The summed E-state index contributed by atoms with van der Waals surface area (Å²) in [6, 6.07) is 10.4. The topological polar surface area (TPSA) is 46.6 Å². The molecule has 2 amide bonds. The van der Waals surface area contributed by atoms with Crippen molar-refractivity contribution in [1.29, 1.82) is 0 Å². The fourth-order valence-corrected chi connectivity index (χ4v) is 4.40. The number of thioether (sulfide) groups is 1. The highest BCUT2D eigenvalue weighted by Crippen LogP contribution is 2.38. The van der Waals surface area contributed by atoms with Crippen molar-refractivity contribution in [3.8, 4) is 5.75 Å². The number of imide groups is 1. The molecule has 1 heterocycles. The summed E-state index contributed by atoms with van der Waals surface area (Å²) in [6.45, 7) is 0.190. The van der Waals surface area contributed by atoms with E-state index in [2.05, 4.69) is 15.9 Å². The number of amides is 2. The first kappa shape index (κ1) is 19.3. The van der Waals surface area contributed by atoms with Crippen LogP contribution >= 0.6 is 50.9 Å². The van der Waals surface area contributed by atoms with E-state index in [1.165, 1.54) is 12.0 Å². The molecule has 0 aromatic heterocycles. The van der Waals surface area contributed by atoms with E-state index in [1.54, 1.807) is 42.5 Å². The van der Waals surface area contributed by atoms with E-state index < -0.39 is 0 Å². The number of benzene rings is 2. The van der Waals surface area contributed by atoms with Crippen LogP contribution in [0.1, 0.15) is 11.1 Å². The Bertz CT molecular complexity index is 915. The van der Waals surface area contributed by atoms with E-state index >= 15 is 0 Å². The van der Waals surface area contributed by atoms with Crippen molar-refractivity contribution < 1.29 is 14.3 Å². The fraction of sp³-hybridized carbons (Fsp3) is 0.111. The van der Waals surface area contributed by atoms with E-state index in [1.807, 2.05) is 0 Å². The lowest BCUT2D eigenvalue weighted by atomic mass is 10.1. The van der Waals surface area contributed by atoms with Gasteiger partial charge in [-0.1, -0.05) is 35.3 Å². The second kappa shape index (κ2) is 8.05. The van der Waals surface area contributed by atoms with Crippen LogP contribution in [0.25, 0.3) is 6.08 Å². The Morgan fingerprint density at radius 1 is 1.15 bits per heavy atom. The van der Waals surface area contributed by atoms with E-state index in [0.717, 1.165) is 17.3 Å². The van der Waals surface area contributed by atoms with E-state index in [-0.39, 0.29) is 17.7 Å². The number of hydrogen-bond donors (Lipinski definition) is 0. The average Bonchev–Trinajstić information content (AvgIpc) is 2.84. The third kappa shape index (κ3) is 4.09. The van der Waals surface area contributed by atoms with Crippen molar-refractivity contribution in [1.82, 2.24) is 4.90 Å². The molecule has 0 unspecified atom stereocenters. The Labute approximate surface area is 173 Å². The predicted octanol–water partition coefficient (Wildman–Crippen LogP) is 6.00. The second-order valence-corrected chi connectivity index (χ2v) is 8.12. The maximum absolute atomic E-state index is 12.7. The first-order valence-electron chi connectivity index (χ1n) is 7.42. The minimum absolute atomic E-state index is 0.190. The minimum atomic E-state index is -0.354. The zero-order valence-corrected chi connectivity index (χ0v) is 17.4. The molecule has 134 valence electrons. The molecular weight excluding hydrogens is 461 g/mol. The van der Waals surface area contributed by atoms with Crippen LogP contribution in [0, 0.1) is 0 Å². The summed E-state index contributed by atoms with van der Waals surface area (Å²) in [5, 5.41) is 0.766. The number of halogens is 3. The first-order valence-corrected chi connectivity index (χ1v) is 9.78. The van der Waals surface area contributed by atoms with Crippen molar-refractivity contribution in [3.05, 3.63) is 66.9 Å². The van der Waals surface area contributed by atoms with Crippen LogP contribution in [-0.4, -0.2) is 23.2 Å². The lowest BCUT2D eigenvalue weighted by Gasteiger charge is -2.12. The molecule has 0 saturated carbocycles. The molecule has 0 bridgehead atoms. The molecule has 1 saturated heterocycles. The molecule has 1 aliphatic rings. The molecule has 0 N–H and O–H groups in total. The van der Waals surface area contributed by atoms with Crippen LogP contribution < -0.4 is 4.74 Å². The molecule has 1 fully saturated rings. The summed E-state index contributed by atoms with van der Waals surface area (Å²) in [5.41, 5.74) is 1.44. The lowest BCUT2D eigenvalue weighted by molar-refractivity contribution is -0.123. The highest BCUT2D eigenvalue weighted by atomic mass is 79.9. The van der Waals surface area contributed by atoms with Gasteiger partial charge >= 0.3 is 0 Å². The Morgan fingerprint density at radius 2 is 1.85 bits per heavy atom. The number of nitrogens with zero attached hydrogens (tertiary/aromatic N) is 1. The van der Waals surface area contributed by atoms with Gasteiger partial charge in [0.2, 0.25) is 0 Å². The smallest absolute Gasteiger partial charge is 0.293 e. The summed E-state index contributed by atoms with van der Waals surface area (Å²) in [6.07, 6.45) is 1.61. The summed E-state index contributed by atoms with van der Waals surface area (Å²) >= 11 is 16.2. The highest BCUT2D eigenvalue weighted by Gasteiger charge is 2.35. The SMILES string of the molecule is COc1c(Br)cc(Cl)cc1/C=C1\SC(=O)N(Cc2ccc(Cl)cc2)C1=O.